The summed E-state index contributed by atoms with van der Waals surface area (Å²) in [5.74, 6) is 1.10. The lowest BCUT2D eigenvalue weighted by molar-refractivity contribution is -0.0213. The lowest BCUT2D eigenvalue weighted by atomic mass is 9.91. The van der Waals surface area contributed by atoms with Gasteiger partial charge < -0.3 is 4.74 Å². The molecule has 1 aromatic rings. The van der Waals surface area contributed by atoms with Gasteiger partial charge in [0.2, 0.25) is 0 Å². The summed E-state index contributed by atoms with van der Waals surface area (Å²) in [6.45, 7) is 2.97. The van der Waals surface area contributed by atoms with Crippen molar-refractivity contribution in [2.24, 2.45) is 13.0 Å². The summed E-state index contributed by atoms with van der Waals surface area (Å²) in [5, 5.41) is 4.47. The number of aromatic nitrogens is 2. The van der Waals surface area contributed by atoms with E-state index >= 15 is 0 Å². The van der Waals surface area contributed by atoms with E-state index in [4.69, 9.17) is 16.3 Å². The molecule has 1 fully saturated rings. The van der Waals surface area contributed by atoms with E-state index in [1.807, 2.05) is 11.7 Å². The van der Waals surface area contributed by atoms with Crippen molar-refractivity contribution in [2.45, 2.75) is 32.3 Å². The molecule has 0 saturated carbocycles. The fourth-order valence-corrected chi connectivity index (χ4v) is 2.73. The summed E-state index contributed by atoms with van der Waals surface area (Å²) >= 11 is 6.02. The second-order valence-corrected chi connectivity index (χ2v) is 4.71. The van der Waals surface area contributed by atoms with Gasteiger partial charge in [0.05, 0.1) is 11.8 Å². The van der Waals surface area contributed by atoms with Gasteiger partial charge in [-0.2, -0.15) is 5.10 Å². The molecule has 2 rings (SSSR count). The predicted octanol–water partition coefficient (Wildman–Crippen LogP) is 2.69. The number of halogens is 1. The number of rotatable bonds is 3. The highest BCUT2D eigenvalue weighted by molar-refractivity contribution is 6.18. The quantitative estimate of drug-likeness (QED) is 0.762. The third-order valence-electron chi connectivity index (χ3n) is 3.22. The molecule has 1 saturated heterocycles. The van der Waals surface area contributed by atoms with E-state index in [9.17, 15) is 0 Å². The number of aryl methyl sites for hydroxylation is 2. The van der Waals surface area contributed by atoms with Crippen molar-refractivity contribution >= 4 is 11.6 Å². The highest BCUT2D eigenvalue weighted by atomic mass is 35.5. The first-order valence-electron chi connectivity index (χ1n) is 5.96. The number of alkyl halides is 1. The summed E-state index contributed by atoms with van der Waals surface area (Å²) in [5.41, 5.74) is 2.37. The average Bonchev–Trinajstić information content (AvgIpc) is 2.70. The highest BCUT2D eigenvalue weighted by Gasteiger charge is 2.29. The van der Waals surface area contributed by atoms with Crippen LogP contribution in [0.25, 0.3) is 0 Å². The van der Waals surface area contributed by atoms with Gasteiger partial charge in [-0.05, 0) is 19.3 Å². The molecule has 0 aliphatic carbocycles. The highest BCUT2D eigenvalue weighted by Crippen LogP contribution is 2.35. The molecule has 90 valence electrons. The number of ether oxygens (including phenoxy) is 1. The minimum atomic E-state index is 0.148. The van der Waals surface area contributed by atoms with Crippen LogP contribution in [-0.4, -0.2) is 22.3 Å². The third kappa shape index (κ3) is 2.25. The Hall–Kier alpha value is -0.540. The molecule has 2 unspecified atom stereocenters. The van der Waals surface area contributed by atoms with Crippen molar-refractivity contribution in [2.75, 3.05) is 12.5 Å². The topological polar surface area (TPSA) is 27.1 Å². The van der Waals surface area contributed by atoms with Crippen LogP contribution in [0.5, 0.6) is 0 Å². The van der Waals surface area contributed by atoms with E-state index in [1.165, 1.54) is 5.56 Å². The first-order valence-corrected chi connectivity index (χ1v) is 6.49. The maximum absolute atomic E-state index is 6.02. The van der Waals surface area contributed by atoms with Crippen LogP contribution in [0.15, 0.2) is 6.20 Å². The van der Waals surface area contributed by atoms with Crippen LogP contribution in [0.4, 0.5) is 0 Å². The van der Waals surface area contributed by atoms with Gasteiger partial charge in [-0.1, -0.05) is 6.92 Å². The zero-order valence-electron chi connectivity index (χ0n) is 9.95. The molecule has 0 amide bonds. The van der Waals surface area contributed by atoms with Crippen molar-refractivity contribution in [1.29, 1.82) is 0 Å². The minimum absolute atomic E-state index is 0.148. The summed E-state index contributed by atoms with van der Waals surface area (Å²) in [7, 11) is 1.96. The van der Waals surface area contributed by atoms with E-state index in [0.29, 0.717) is 11.8 Å². The van der Waals surface area contributed by atoms with Crippen molar-refractivity contribution in [3.8, 4) is 0 Å². The molecule has 0 bridgehead atoms. The van der Waals surface area contributed by atoms with Crippen molar-refractivity contribution in [3.63, 3.8) is 0 Å². The summed E-state index contributed by atoms with van der Waals surface area (Å²) in [6, 6.07) is 0. The zero-order valence-corrected chi connectivity index (χ0v) is 10.7. The molecule has 0 radical (unpaired) electrons. The molecule has 1 aliphatic heterocycles. The van der Waals surface area contributed by atoms with Crippen LogP contribution in [0, 0.1) is 5.92 Å². The van der Waals surface area contributed by atoms with Gasteiger partial charge in [0.15, 0.2) is 0 Å². The molecule has 0 spiro atoms. The number of nitrogens with zero attached hydrogens (tertiary/aromatic N) is 2. The molecular formula is C12H19ClN2O. The van der Waals surface area contributed by atoms with Crippen LogP contribution in [-0.2, 0) is 18.2 Å². The van der Waals surface area contributed by atoms with E-state index in [1.54, 1.807) is 0 Å². The Bertz CT molecular complexity index is 351. The van der Waals surface area contributed by atoms with Gasteiger partial charge in [0, 0.05) is 37.2 Å². The lowest BCUT2D eigenvalue weighted by Crippen LogP contribution is -2.24. The van der Waals surface area contributed by atoms with E-state index in [2.05, 4.69) is 18.2 Å². The Morgan fingerprint density at radius 2 is 2.44 bits per heavy atom. The molecule has 1 aromatic heterocycles. The van der Waals surface area contributed by atoms with Crippen LogP contribution in [0.1, 0.15) is 37.1 Å². The monoisotopic (exact) mass is 242 g/mol. The Labute approximate surface area is 102 Å². The standard InChI is InChI=1S/C12H19ClN2O/c1-3-11-10(8-15(2)14-11)12-9(7-13)5-4-6-16-12/h8-9,12H,3-7H2,1-2H3. The Morgan fingerprint density at radius 1 is 1.62 bits per heavy atom. The van der Waals surface area contributed by atoms with E-state index in [0.717, 1.165) is 31.6 Å². The van der Waals surface area contributed by atoms with Crippen LogP contribution >= 0.6 is 11.6 Å². The Balaban J connectivity index is 2.26. The summed E-state index contributed by atoms with van der Waals surface area (Å²) in [6.07, 6.45) is 5.45. The first-order chi connectivity index (χ1) is 7.76. The second kappa shape index (κ2) is 5.19. The van der Waals surface area contributed by atoms with Crippen LogP contribution in [0.2, 0.25) is 0 Å². The fourth-order valence-electron chi connectivity index (χ4n) is 2.41. The molecule has 2 heterocycles. The maximum atomic E-state index is 6.02. The largest absolute Gasteiger partial charge is 0.373 e. The van der Waals surface area contributed by atoms with Crippen molar-refractivity contribution in [3.05, 3.63) is 17.5 Å². The smallest absolute Gasteiger partial charge is 0.0897 e. The van der Waals surface area contributed by atoms with Gasteiger partial charge in [0.1, 0.15) is 0 Å². The lowest BCUT2D eigenvalue weighted by Gasteiger charge is -2.30. The molecule has 16 heavy (non-hydrogen) atoms. The fraction of sp³-hybridized carbons (Fsp3) is 0.750. The van der Waals surface area contributed by atoms with Crippen LogP contribution < -0.4 is 0 Å². The van der Waals surface area contributed by atoms with Crippen LogP contribution in [0.3, 0.4) is 0 Å². The second-order valence-electron chi connectivity index (χ2n) is 4.41. The maximum Gasteiger partial charge on any atom is 0.0897 e. The van der Waals surface area contributed by atoms with Gasteiger partial charge >= 0.3 is 0 Å². The van der Waals surface area contributed by atoms with Gasteiger partial charge in [-0.15, -0.1) is 11.6 Å². The molecule has 3 nitrogen and oxygen atoms in total. The molecule has 1 aliphatic rings. The molecular weight excluding hydrogens is 224 g/mol. The first kappa shape index (κ1) is 11.9. The zero-order chi connectivity index (χ0) is 11.5. The third-order valence-corrected chi connectivity index (χ3v) is 3.62. The molecule has 4 heteroatoms. The summed E-state index contributed by atoms with van der Waals surface area (Å²) < 4.78 is 7.76. The molecule has 0 N–H and O–H groups in total. The normalized spacial score (nSPS) is 25.9. The van der Waals surface area contributed by atoms with Gasteiger partial charge in [0.25, 0.3) is 0 Å². The SMILES string of the molecule is CCc1nn(C)cc1C1OCCCC1CCl. The Kier molecular flexibility index (Phi) is 3.87. The number of hydrogen-bond donors (Lipinski definition) is 0. The summed E-state index contributed by atoms with van der Waals surface area (Å²) in [4.78, 5) is 0. The molecule has 0 aromatic carbocycles. The Morgan fingerprint density at radius 3 is 3.12 bits per heavy atom. The van der Waals surface area contributed by atoms with Gasteiger partial charge in [-0.3, -0.25) is 4.68 Å². The molecule has 2 atom stereocenters. The number of hydrogen-bond acceptors (Lipinski definition) is 2. The van der Waals surface area contributed by atoms with E-state index in [-0.39, 0.29) is 6.10 Å². The van der Waals surface area contributed by atoms with Crippen molar-refractivity contribution < 1.29 is 4.74 Å². The van der Waals surface area contributed by atoms with E-state index < -0.39 is 0 Å². The van der Waals surface area contributed by atoms with Gasteiger partial charge in [-0.25, -0.2) is 0 Å². The van der Waals surface area contributed by atoms with Crippen molar-refractivity contribution in [1.82, 2.24) is 9.78 Å². The minimum Gasteiger partial charge on any atom is -0.373 e. The predicted molar refractivity (Wildman–Crippen MR) is 64.7 cm³/mol. The average molecular weight is 243 g/mol.